The molecule has 0 bridgehead atoms. The molecule has 82 valence electrons. The van der Waals surface area contributed by atoms with Gasteiger partial charge in [-0.15, -0.1) is 0 Å². The number of nitrogens with zero attached hydrogens (tertiary/aromatic N) is 1. The Morgan fingerprint density at radius 3 is 3.27 bits per heavy atom. The van der Waals surface area contributed by atoms with Crippen molar-refractivity contribution >= 4 is 5.82 Å². The molecule has 2 heterocycles. The van der Waals surface area contributed by atoms with Gasteiger partial charge in [0.15, 0.2) is 0 Å². The van der Waals surface area contributed by atoms with Gasteiger partial charge in [0, 0.05) is 26.0 Å². The van der Waals surface area contributed by atoms with Crippen molar-refractivity contribution in [3.8, 4) is 0 Å². The van der Waals surface area contributed by atoms with Crippen LogP contribution in [0.5, 0.6) is 0 Å². The number of hydrogen-bond acceptors (Lipinski definition) is 3. The largest absolute Gasteiger partial charge is 0.381 e. The van der Waals surface area contributed by atoms with E-state index < -0.39 is 0 Å². The molecule has 1 atom stereocenters. The van der Waals surface area contributed by atoms with Gasteiger partial charge in [-0.25, -0.2) is 4.98 Å². The van der Waals surface area contributed by atoms with Crippen molar-refractivity contribution in [2.45, 2.75) is 19.8 Å². The minimum Gasteiger partial charge on any atom is -0.381 e. The second-order valence-electron chi connectivity index (χ2n) is 4.16. The van der Waals surface area contributed by atoms with Crippen molar-refractivity contribution in [1.29, 1.82) is 0 Å². The highest BCUT2D eigenvalue weighted by atomic mass is 16.5. The average molecular weight is 206 g/mol. The predicted molar refractivity (Wildman–Crippen MR) is 61.0 cm³/mol. The van der Waals surface area contributed by atoms with Gasteiger partial charge < -0.3 is 10.1 Å². The molecule has 1 fully saturated rings. The highest BCUT2D eigenvalue weighted by molar-refractivity contribution is 5.36. The van der Waals surface area contributed by atoms with Crippen molar-refractivity contribution in [3.63, 3.8) is 0 Å². The van der Waals surface area contributed by atoms with Crippen molar-refractivity contribution in [2.75, 3.05) is 25.1 Å². The van der Waals surface area contributed by atoms with Gasteiger partial charge >= 0.3 is 0 Å². The van der Waals surface area contributed by atoms with Crippen LogP contribution in [0.15, 0.2) is 18.3 Å². The monoisotopic (exact) mass is 206 g/mol. The zero-order valence-electron chi connectivity index (χ0n) is 9.20. The van der Waals surface area contributed by atoms with Gasteiger partial charge in [-0.3, -0.25) is 0 Å². The van der Waals surface area contributed by atoms with Gasteiger partial charge in [0.05, 0.1) is 0 Å². The van der Waals surface area contributed by atoms with Crippen LogP contribution in [0.25, 0.3) is 0 Å². The molecule has 1 aliphatic rings. The van der Waals surface area contributed by atoms with Crippen molar-refractivity contribution in [2.24, 2.45) is 5.92 Å². The Morgan fingerprint density at radius 1 is 1.60 bits per heavy atom. The lowest BCUT2D eigenvalue weighted by molar-refractivity contribution is 0.185. The molecule has 3 heteroatoms. The number of aryl methyl sites for hydroxylation is 1. The van der Waals surface area contributed by atoms with Crippen LogP contribution in [-0.4, -0.2) is 24.7 Å². The van der Waals surface area contributed by atoms with E-state index in [4.69, 9.17) is 4.74 Å². The summed E-state index contributed by atoms with van der Waals surface area (Å²) in [5.41, 5.74) is 1.25. The third-order valence-electron chi connectivity index (χ3n) is 2.80. The summed E-state index contributed by atoms with van der Waals surface area (Å²) in [5, 5.41) is 3.35. The van der Waals surface area contributed by atoms with Crippen molar-refractivity contribution < 1.29 is 4.74 Å². The first-order chi connectivity index (χ1) is 7.34. The van der Waals surface area contributed by atoms with E-state index in [0.717, 1.165) is 31.5 Å². The Morgan fingerprint density at radius 2 is 2.53 bits per heavy atom. The molecule has 15 heavy (non-hydrogen) atoms. The molecule has 0 radical (unpaired) electrons. The van der Waals surface area contributed by atoms with E-state index in [0.29, 0.717) is 0 Å². The molecule has 1 aromatic heterocycles. The van der Waals surface area contributed by atoms with Gasteiger partial charge in [-0.1, -0.05) is 0 Å². The smallest absolute Gasteiger partial charge is 0.126 e. The van der Waals surface area contributed by atoms with Gasteiger partial charge in [-0.05, 0) is 43.4 Å². The quantitative estimate of drug-likeness (QED) is 0.820. The second kappa shape index (κ2) is 5.12. The van der Waals surface area contributed by atoms with E-state index in [1.807, 2.05) is 12.3 Å². The van der Waals surface area contributed by atoms with Crippen LogP contribution in [0.3, 0.4) is 0 Å². The molecule has 0 saturated carbocycles. The van der Waals surface area contributed by atoms with Crippen LogP contribution in [0, 0.1) is 12.8 Å². The topological polar surface area (TPSA) is 34.2 Å². The summed E-state index contributed by atoms with van der Waals surface area (Å²) in [7, 11) is 0. The summed E-state index contributed by atoms with van der Waals surface area (Å²) in [4.78, 5) is 4.26. The standard InChI is InChI=1S/C12H18N2O/c1-10-2-5-13-12(8-10)14-6-3-11-4-7-15-9-11/h2,5,8,11H,3-4,6-7,9H2,1H3,(H,13,14). The number of anilines is 1. The number of pyridine rings is 1. The zero-order chi connectivity index (χ0) is 10.5. The van der Waals surface area contributed by atoms with Crippen molar-refractivity contribution in [3.05, 3.63) is 23.9 Å². The molecule has 3 nitrogen and oxygen atoms in total. The first-order valence-electron chi connectivity index (χ1n) is 5.59. The maximum absolute atomic E-state index is 5.34. The van der Waals surface area contributed by atoms with E-state index in [1.165, 1.54) is 18.4 Å². The maximum atomic E-state index is 5.34. The Labute approximate surface area is 90.9 Å². The summed E-state index contributed by atoms with van der Waals surface area (Å²) in [5.74, 6) is 1.72. The van der Waals surface area contributed by atoms with E-state index in [-0.39, 0.29) is 0 Å². The Bertz CT molecular complexity index is 308. The fraction of sp³-hybridized carbons (Fsp3) is 0.583. The minimum atomic E-state index is 0.738. The number of nitrogens with one attached hydrogen (secondary N) is 1. The van der Waals surface area contributed by atoms with Crippen LogP contribution in [0.2, 0.25) is 0 Å². The van der Waals surface area contributed by atoms with Crippen LogP contribution in [-0.2, 0) is 4.74 Å². The maximum Gasteiger partial charge on any atom is 0.126 e. The summed E-state index contributed by atoms with van der Waals surface area (Å²) in [6, 6.07) is 4.08. The molecule has 0 amide bonds. The summed E-state index contributed by atoms with van der Waals surface area (Å²) in [6.45, 7) is 4.94. The molecule has 0 aliphatic carbocycles. The van der Waals surface area contributed by atoms with Gasteiger partial charge in [0.1, 0.15) is 5.82 Å². The van der Waals surface area contributed by atoms with Crippen LogP contribution in [0.4, 0.5) is 5.82 Å². The van der Waals surface area contributed by atoms with Crippen LogP contribution < -0.4 is 5.32 Å². The lowest BCUT2D eigenvalue weighted by Gasteiger charge is -2.09. The molecule has 1 saturated heterocycles. The average Bonchev–Trinajstić information content (AvgIpc) is 2.71. The zero-order valence-corrected chi connectivity index (χ0v) is 9.20. The summed E-state index contributed by atoms with van der Waals surface area (Å²) in [6.07, 6.45) is 4.23. The lowest BCUT2D eigenvalue weighted by Crippen LogP contribution is -2.09. The summed E-state index contributed by atoms with van der Waals surface area (Å²) >= 11 is 0. The molecular weight excluding hydrogens is 188 g/mol. The molecule has 1 aliphatic heterocycles. The normalized spacial score (nSPS) is 20.5. The number of ether oxygens (including phenoxy) is 1. The molecule has 0 spiro atoms. The number of rotatable bonds is 4. The highest BCUT2D eigenvalue weighted by Gasteiger charge is 2.14. The number of hydrogen-bond donors (Lipinski definition) is 1. The Hall–Kier alpha value is -1.09. The first kappa shape index (κ1) is 10.4. The fourth-order valence-corrected chi connectivity index (χ4v) is 1.85. The van der Waals surface area contributed by atoms with E-state index in [9.17, 15) is 0 Å². The van der Waals surface area contributed by atoms with E-state index in [1.54, 1.807) is 0 Å². The summed E-state index contributed by atoms with van der Waals surface area (Å²) < 4.78 is 5.34. The fourth-order valence-electron chi connectivity index (χ4n) is 1.85. The SMILES string of the molecule is Cc1ccnc(NCCC2CCOC2)c1. The van der Waals surface area contributed by atoms with Crippen LogP contribution in [0.1, 0.15) is 18.4 Å². The van der Waals surface area contributed by atoms with Crippen molar-refractivity contribution in [1.82, 2.24) is 4.98 Å². The first-order valence-corrected chi connectivity index (χ1v) is 5.59. The Balaban J connectivity index is 1.73. The van der Waals surface area contributed by atoms with Gasteiger partial charge in [0.2, 0.25) is 0 Å². The van der Waals surface area contributed by atoms with E-state index >= 15 is 0 Å². The Kier molecular flexibility index (Phi) is 3.56. The molecular formula is C12H18N2O. The molecule has 0 aromatic carbocycles. The predicted octanol–water partition coefficient (Wildman–Crippen LogP) is 2.23. The molecule has 1 aromatic rings. The van der Waals surface area contributed by atoms with Gasteiger partial charge in [0.25, 0.3) is 0 Å². The molecule has 1 unspecified atom stereocenters. The number of aromatic nitrogens is 1. The minimum absolute atomic E-state index is 0.738. The van der Waals surface area contributed by atoms with Crippen LogP contribution >= 0.6 is 0 Å². The molecule has 2 rings (SSSR count). The third kappa shape index (κ3) is 3.20. The lowest BCUT2D eigenvalue weighted by atomic mass is 10.1. The second-order valence-corrected chi connectivity index (χ2v) is 4.16. The third-order valence-corrected chi connectivity index (χ3v) is 2.80. The van der Waals surface area contributed by atoms with E-state index in [2.05, 4.69) is 23.3 Å². The molecule has 1 N–H and O–H groups in total. The van der Waals surface area contributed by atoms with Gasteiger partial charge in [-0.2, -0.15) is 0 Å². The highest BCUT2D eigenvalue weighted by Crippen LogP contribution is 2.16.